The summed E-state index contributed by atoms with van der Waals surface area (Å²) in [4.78, 5) is 4.45. The lowest BCUT2D eigenvalue weighted by Crippen LogP contribution is -2.24. The van der Waals surface area contributed by atoms with E-state index in [4.69, 9.17) is 4.42 Å². The summed E-state index contributed by atoms with van der Waals surface area (Å²) in [7, 11) is -3.58. The molecule has 5 nitrogen and oxygen atoms in total. The molecule has 0 bridgehead atoms. The Morgan fingerprint density at radius 2 is 1.96 bits per heavy atom. The molecule has 3 rings (SSSR count). The van der Waals surface area contributed by atoms with Gasteiger partial charge in [0.2, 0.25) is 10.0 Å². The predicted octanol–water partition coefficient (Wildman–Crippen LogP) is 3.44. The second-order valence-electron chi connectivity index (χ2n) is 5.65. The van der Waals surface area contributed by atoms with Gasteiger partial charge in [-0.3, -0.25) is 4.98 Å². The van der Waals surface area contributed by atoms with Crippen molar-refractivity contribution in [3.8, 4) is 11.3 Å². The number of hydrogen-bond acceptors (Lipinski definition) is 4. The van der Waals surface area contributed by atoms with Gasteiger partial charge in [0.15, 0.2) is 0 Å². The van der Waals surface area contributed by atoms with Crippen LogP contribution in [0, 0.1) is 13.8 Å². The van der Waals surface area contributed by atoms with Crippen LogP contribution in [0.25, 0.3) is 11.3 Å². The van der Waals surface area contributed by atoms with E-state index in [1.165, 1.54) is 0 Å². The molecule has 24 heavy (non-hydrogen) atoms. The summed E-state index contributed by atoms with van der Waals surface area (Å²) < 4.78 is 33.1. The van der Waals surface area contributed by atoms with E-state index < -0.39 is 10.0 Å². The Morgan fingerprint density at radius 1 is 1.12 bits per heavy atom. The van der Waals surface area contributed by atoms with Gasteiger partial charge in [0.25, 0.3) is 0 Å². The van der Waals surface area contributed by atoms with Gasteiger partial charge < -0.3 is 4.42 Å². The van der Waals surface area contributed by atoms with Crippen LogP contribution in [0.1, 0.15) is 16.7 Å². The van der Waals surface area contributed by atoms with Gasteiger partial charge in [-0.2, -0.15) is 0 Å². The lowest BCUT2D eigenvalue weighted by atomic mass is 10.2. The zero-order valence-corrected chi connectivity index (χ0v) is 14.3. The topological polar surface area (TPSA) is 72.2 Å². The first-order valence-electron chi connectivity index (χ1n) is 7.50. The molecule has 1 N–H and O–H groups in total. The number of hydrogen-bond donors (Lipinski definition) is 1. The minimum absolute atomic E-state index is 0.164. The molecule has 124 valence electrons. The van der Waals surface area contributed by atoms with E-state index in [0.717, 1.165) is 22.3 Å². The molecule has 0 amide bonds. The van der Waals surface area contributed by atoms with Gasteiger partial charge in [-0.25, -0.2) is 13.1 Å². The third kappa shape index (κ3) is 3.55. The first-order valence-corrected chi connectivity index (χ1v) is 8.99. The van der Waals surface area contributed by atoms with Crippen LogP contribution < -0.4 is 4.72 Å². The average molecular weight is 342 g/mol. The molecule has 2 heterocycles. The summed E-state index contributed by atoms with van der Waals surface area (Å²) in [6.07, 6.45) is 4.91. The fourth-order valence-electron chi connectivity index (χ4n) is 2.41. The fraction of sp³-hybridized carbons (Fsp3) is 0.167. The second kappa shape index (κ2) is 6.59. The SMILES string of the molecule is Cc1ccc(C)c(S(=O)(=O)NCc2cncc(-c3ccco3)c2)c1. The van der Waals surface area contributed by atoms with Crippen molar-refractivity contribution >= 4 is 10.0 Å². The van der Waals surface area contributed by atoms with Gasteiger partial charge >= 0.3 is 0 Å². The molecule has 0 spiro atoms. The van der Waals surface area contributed by atoms with Gasteiger partial charge in [0.1, 0.15) is 5.76 Å². The highest BCUT2D eigenvalue weighted by Gasteiger charge is 2.16. The Hall–Kier alpha value is -2.44. The summed E-state index contributed by atoms with van der Waals surface area (Å²) in [6, 6.07) is 10.9. The Labute approximate surface area is 141 Å². The molecule has 0 fully saturated rings. The van der Waals surface area contributed by atoms with Gasteiger partial charge in [0.05, 0.1) is 11.2 Å². The highest BCUT2D eigenvalue weighted by atomic mass is 32.2. The molecule has 0 unspecified atom stereocenters. The maximum Gasteiger partial charge on any atom is 0.241 e. The quantitative estimate of drug-likeness (QED) is 0.771. The molecule has 0 aliphatic rings. The molecule has 0 saturated carbocycles. The van der Waals surface area contributed by atoms with Crippen molar-refractivity contribution in [2.24, 2.45) is 0 Å². The van der Waals surface area contributed by atoms with Crippen molar-refractivity contribution < 1.29 is 12.8 Å². The van der Waals surface area contributed by atoms with E-state index in [2.05, 4.69) is 9.71 Å². The summed E-state index contributed by atoms with van der Waals surface area (Å²) in [5.74, 6) is 0.696. The molecule has 1 aromatic carbocycles. The fourth-order valence-corrected chi connectivity index (χ4v) is 3.76. The van der Waals surface area contributed by atoms with Crippen LogP contribution in [0.5, 0.6) is 0 Å². The Kier molecular flexibility index (Phi) is 4.51. The molecule has 3 aromatic rings. The molecular weight excluding hydrogens is 324 g/mol. The predicted molar refractivity (Wildman–Crippen MR) is 91.9 cm³/mol. The summed E-state index contributed by atoms with van der Waals surface area (Å²) in [5.41, 5.74) is 3.19. The van der Waals surface area contributed by atoms with E-state index in [9.17, 15) is 8.42 Å². The number of nitrogens with one attached hydrogen (secondary N) is 1. The summed E-state index contributed by atoms with van der Waals surface area (Å²) in [5, 5.41) is 0. The van der Waals surface area contributed by atoms with E-state index in [-0.39, 0.29) is 6.54 Å². The van der Waals surface area contributed by atoms with Crippen molar-refractivity contribution in [2.75, 3.05) is 0 Å². The van der Waals surface area contributed by atoms with E-state index in [1.807, 2.05) is 31.2 Å². The summed E-state index contributed by atoms with van der Waals surface area (Å²) >= 11 is 0. The van der Waals surface area contributed by atoms with Crippen molar-refractivity contribution in [2.45, 2.75) is 25.3 Å². The van der Waals surface area contributed by atoms with Gasteiger partial charge in [-0.05, 0) is 54.8 Å². The molecule has 0 aliphatic heterocycles. The smallest absolute Gasteiger partial charge is 0.241 e. The number of sulfonamides is 1. The molecule has 6 heteroatoms. The lowest BCUT2D eigenvalue weighted by molar-refractivity contribution is 0.580. The molecule has 0 aliphatic carbocycles. The first kappa shape index (κ1) is 16.4. The molecule has 2 aromatic heterocycles. The van der Waals surface area contributed by atoms with Crippen molar-refractivity contribution in [3.63, 3.8) is 0 Å². The average Bonchev–Trinajstić information content (AvgIpc) is 3.10. The van der Waals surface area contributed by atoms with E-state index in [1.54, 1.807) is 37.7 Å². The zero-order valence-electron chi connectivity index (χ0n) is 13.5. The van der Waals surface area contributed by atoms with Crippen LogP contribution in [-0.4, -0.2) is 13.4 Å². The van der Waals surface area contributed by atoms with Crippen LogP contribution in [0.4, 0.5) is 0 Å². The minimum atomic E-state index is -3.58. The number of nitrogens with zero attached hydrogens (tertiary/aromatic N) is 1. The third-order valence-electron chi connectivity index (χ3n) is 3.70. The van der Waals surface area contributed by atoms with Crippen LogP contribution in [0.2, 0.25) is 0 Å². The number of rotatable bonds is 5. The monoisotopic (exact) mass is 342 g/mol. The number of benzene rings is 1. The minimum Gasteiger partial charge on any atom is -0.464 e. The first-order chi connectivity index (χ1) is 11.5. The molecular formula is C18H18N2O3S. The van der Waals surface area contributed by atoms with Gasteiger partial charge in [0, 0.05) is 24.5 Å². The van der Waals surface area contributed by atoms with Crippen molar-refractivity contribution in [1.82, 2.24) is 9.71 Å². The number of aryl methyl sites for hydroxylation is 2. The summed E-state index contributed by atoms with van der Waals surface area (Å²) in [6.45, 7) is 3.82. The second-order valence-corrected chi connectivity index (χ2v) is 7.39. The third-order valence-corrected chi connectivity index (χ3v) is 5.24. The van der Waals surface area contributed by atoms with Crippen LogP contribution in [0.3, 0.4) is 0 Å². The lowest BCUT2D eigenvalue weighted by Gasteiger charge is -2.10. The van der Waals surface area contributed by atoms with Crippen molar-refractivity contribution in [3.05, 3.63) is 71.7 Å². The van der Waals surface area contributed by atoms with Gasteiger partial charge in [-0.1, -0.05) is 12.1 Å². The van der Waals surface area contributed by atoms with Crippen LogP contribution in [-0.2, 0) is 16.6 Å². The van der Waals surface area contributed by atoms with E-state index in [0.29, 0.717) is 10.7 Å². The largest absolute Gasteiger partial charge is 0.464 e. The van der Waals surface area contributed by atoms with Crippen LogP contribution in [0.15, 0.2) is 64.4 Å². The van der Waals surface area contributed by atoms with Crippen molar-refractivity contribution in [1.29, 1.82) is 0 Å². The zero-order chi connectivity index (χ0) is 17.2. The highest BCUT2D eigenvalue weighted by Crippen LogP contribution is 2.20. The number of aromatic nitrogens is 1. The molecule has 0 atom stereocenters. The number of pyridine rings is 1. The van der Waals surface area contributed by atoms with Crippen LogP contribution >= 0.6 is 0 Å². The number of furan rings is 1. The maximum atomic E-state index is 12.5. The maximum absolute atomic E-state index is 12.5. The Balaban J connectivity index is 1.80. The Bertz CT molecular complexity index is 948. The Morgan fingerprint density at radius 3 is 2.71 bits per heavy atom. The van der Waals surface area contributed by atoms with E-state index >= 15 is 0 Å². The standard InChI is InChI=1S/C18H18N2O3S/c1-13-5-6-14(2)18(8-13)24(21,22)20-11-15-9-16(12-19-10-15)17-4-3-7-23-17/h3-10,12,20H,11H2,1-2H3. The normalized spacial score (nSPS) is 11.6. The highest BCUT2D eigenvalue weighted by molar-refractivity contribution is 7.89. The van der Waals surface area contributed by atoms with Gasteiger partial charge in [-0.15, -0.1) is 0 Å². The molecule has 0 saturated heterocycles. The molecule has 0 radical (unpaired) electrons.